The molecule has 0 aromatic carbocycles. The second-order valence-electron chi connectivity index (χ2n) is 6.42. The minimum atomic E-state index is 0.153. The van der Waals surface area contributed by atoms with Gasteiger partial charge >= 0.3 is 0 Å². The monoisotopic (exact) mass is 287 g/mol. The Balaban J connectivity index is 1.73. The van der Waals surface area contributed by atoms with E-state index in [0.29, 0.717) is 0 Å². The van der Waals surface area contributed by atoms with E-state index in [1.54, 1.807) is 6.20 Å². The van der Waals surface area contributed by atoms with Crippen molar-refractivity contribution in [2.75, 3.05) is 25.0 Å². The lowest BCUT2D eigenvalue weighted by atomic mass is 10.2. The molecule has 2 fully saturated rings. The lowest BCUT2D eigenvalue weighted by Gasteiger charge is -2.23. The molecular weight excluding hydrogens is 262 g/mol. The third kappa shape index (κ3) is 3.96. The van der Waals surface area contributed by atoms with Gasteiger partial charge in [0.05, 0.1) is 5.56 Å². The maximum Gasteiger partial charge on any atom is 0.257 e. The van der Waals surface area contributed by atoms with E-state index in [9.17, 15) is 4.79 Å². The van der Waals surface area contributed by atoms with E-state index in [2.05, 4.69) is 22.1 Å². The van der Waals surface area contributed by atoms with Gasteiger partial charge in [0.2, 0.25) is 0 Å². The second-order valence-corrected chi connectivity index (χ2v) is 6.42. The summed E-state index contributed by atoms with van der Waals surface area (Å²) in [5.41, 5.74) is 0.729. The highest BCUT2D eigenvalue weighted by Crippen LogP contribution is 2.34. The van der Waals surface area contributed by atoms with E-state index >= 15 is 0 Å². The van der Waals surface area contributed by atoms with Gasteiger partial charge < -0.3 is 10.2 Å². The van der Waals surface area contributed by atoms with Crippen LogP contribution in [0.3, 0.4) is 0 Å². The van der Waals surface area contributed by atoms with E-state index in [4.69, 9.17) is 0 Å². The van der Waals surface area contributed by atoms with Gasteiger partial charge in [-0.1, -0.05) is 6.92 Å². The molecular formula is C17H25N3O. The van der Waals surface area contributed by atoms with Crippen LogP contribution in [0, 0.1) is 11.8 Å². The smallest absolute Gasteiger partial charge is 0.257 e. The normalized spacial score (nSPS) is 17.6. The fraction of sp³-hybridized carbons (Fsp3) is 0.647. The minimum absolute atomic E-state index is 0.153. The van der Waals surface area contributed by atoms with Crippen molar-refractivity contribution >= 4 is 11.7 Å². The third-order valence-corrected chi connectivity index (χ3v) is 4.22. The quantitative estimate of drug-likeness (QED) is 0.799. The maximum atomic E-state index is 12.9. The van der Waals surface area contributed by atoms with E-state index < -0.39 is 0 Å². The molecule has 1 N–H and O–H groups in total. The summed E-state index contributed by atoms with van der Waals surface area (Å²) in [4.78, 5) is 19.3. The molecule has 2 saturated carbocycles. The van der Waals surface area contributed by atoms with Crippen LogP contribution in [0.1, 0.15) is 49.4 Å². The number of anilines is 1. The average Bonchev–Trinajstić information content (AvgIpc) is 3.39. The fourth-order valence-electron chi connectivity index (χ4n) is 2.60. The Morgan fingerprint density at radius 2 is 1.95 bits per heavy atom. The largest absolute Gasteiger partial charge is 0.369 e. The first-order chi connectivity index (χ1) is 10.3. The zero-order valence-electron chi connectivity index (χ0n) is 12.8. The highest BCUT2D eigenvalue weighted by Gasteiger charge is 2.32. The molecule has 4 nitrogen and oxygen atoms in total. The number of carbonyl (C=O) groups excluding carboxylic acids is 1. The maximum absolute atomic E-state index is 12.9. The lowest BCUT2D eigenvalue weighted by molar-refractivity contribution is 0.0740. The number of nitrogens with one attached hydrogen (secondary N) is 1. The average molecular weight is 287 g/mol. The van der Waals surface area contributed by atoms with Crippen molar-refractivity contribution < 1.29 is 4.79 Å². The second kappa shape index (κ2) is 6.46. The standard InChI is InChI=1S/C17H25N3O/c1-2-9-18-16-15(4-3-10-19-16)17(21)20(11-13-5-6-13)12-14-7-8-14/h3-4,10,13-14H,2,5-9,11-12H2,1H3,(H,18,19). The first-order valence-corrected chi connectivity index (χ1v) is 8.26. The molecule has 21 heavy (non-hydrogen) atoms. The number of carbonyl (C=O) groups is 1. The SMILES string of the molecule is CCCNc1ncccc1C(=O)N(CC1CC1)CC1CC1. The Hall–Kier alpha value is -1.58. The van der Waals surface area contributed by atoms with Gasteiger partial charge in [-0.3, -0.25) is 4.79 Å². The summed E-state index contributed by atoms with van der Waals surface area (Å²) in [6, 6.07) is 3.76. The number of rotatable bonds is 8. The molecule has 0 radical (unpaired) electrons. The zero-order chi connectivity index (χ0) is 14.7. The summed E-state index contributed by atoms with van der Waals surface area (Å²) in [6.45, 7) is 4.82. The summed E-state index contributed by atoms with van der Waals surface area (Å²) in [6.07, 6.45) is 7.90. The Morgan fingerprint density at radius 3 is 2.52 bits per heavy atom. The van der Waals surface area contributed by atoms with Crippen LogP contribution in [0.15, 0.2) is 18.3 Å². The van der Waals surface area contributed by atoms with Gasteiger partial charge in [-0.2, -0.15) is 0 Å². The van der Waals surface area contributed by atoms with Crippen molar-refractivity contribution in [2.24, 2.45) is 11.8 Å². The van der Waals surface area contributed by atoms with Crippen LogP contribution in [-0.4, -0.2) is 35.4 Å². The van der Waals surface area contributed by atoms with Crippen molar-refractivity contribution in [1.82, 2.24) is 9.88 Å². The highest BCUT2D eigenvalue weighted by atomic mass is 16.2. The van der Waals surface area contributed by atoms with Crippen molar-refractivity contribution in [3.8, 4) is 0 Å². The first-order valence-electron chi connectivity index (χ1n) is 8.26. The number of amides is 1. The van der Waals surface area contributed by atoms with Gasteiger partial charge in [-0.25, -0.2) is 4.98 Å². The van der Waals surface area contributed by atoms with Gasteiger partial charge in [-0.15, -0.1) is 0 Å². The number of hydrogen-bond acceptors (Lipinski definition) is 3. The third-order valence-electron chi connectivity index (χ3n) is 4.22. The highest BCUT2D eigenvalue weighted by molar-refractivity contribution is 5.98. The van der Waals surface area contributed by atoms with Crippen molar-refractivity contribution in [1.29, 1.82) is 0 Å². The van der Waals surface area contributed by atoms with E-state index in [1.165, 1.54) is 25.7 Å². The van der Waals surface area contributed by atoms with E-state index in [-0.39, 0.29) is 5.91 Å². The van der Waals surface area contributed by atoms with Crippen LogP contribution < -0.4 is 5.32 Å². The Labute approximate surface area is 126 Å². The number of aromatic nitrogens is 1. The van der Waals surface area contributed by atoms with Gasteiger partial charge in [0, 0.05) is 25.8 Å². The molecule has 1 heterocycles. The summed E-state index contributed by atoms with van der Waals surface area (Å²) >= 11 is 0. The summed E-state index contributed by atoms with van der Waals surface area (Å²) in [5, 5.41) is 3.28. The topological polar surface area (TPSA) is 45.2 Å². The van der Waals surface area contributed by atoms with Crippen LogP contribution >= 0.6 is 0 Å². The molecule has 1 amide bonds. The molecule has 0 bridgehead atoms. The van der Waals surface area contributed by atoms with Gasteiger partial charge in [-0.05, 0) is 56.1 Å². The molecule has 114 valence electrons. The lowest BCUT2D eigenvalue weighted by Crippen LogP contribution is -2.35. The molecule has 1 aromatic rings. The van der Waals surface area contributed by atoms with Crippen molar-refractivity contribution in [2.45, 2.75) is 39.0 Å². The van der Waals surface area contributed by atoms with Crippen molar-refractivity contribution in [3.05, 3.63) is 23.9 Å². The van der Waals surface area contributed by atoms with Gasteiger partial charge in [0.1, 0.15) is 5.82 Å². The van der Waals surface area contributed by atoms with Crippen LogP contribution in [0.25, 0.3) is 0 Å². The predicted octanol–water partition coefficient (Wildman–Crippen LogP) is 3.17. The molecule has 0 spiro atoms. The molecule has 2 aliphatic carbocycles. The molecule has 0 unspecified atom stereocenters. The van der Waals surface area contributed by atoms with Crippen LogP contribution in [0.2, 0.25) is 0 Å². The Bertz CT molecular complexity index is 481. The summed E-state index contributed by atoms with van der Waals surface area (Å²) in [7, 11) is 0. The fourth-order valence-corrected chi connectivity index (χ4v) is 2.60. The molecule has 0 saturated heterocycles. The van der Waals surface area contributed by atoms with Gasteiger partial charge in [0.25, 0.3) is 5.91 Å². The van der Waals surface area contributed by atoms with Crippen LogP contribution in [0.5, 0.6) is 0 Å². The van der Waals surface area contributed by atoms with Crippen molar-refractivity contribution in [3.63, 3.8) is 0 Å². The first kappa shape index (κ1) is 14.4. The zero-order valence-corrected chi connectivity index (χ0v) is 12.8. The summed E-state index contributed by atoms with van der Waals surface area (Å²) < 4.78 is 0. The Morgan fingerprint density at radius 1 is 1.29 bits per heavy atom. The number of hydrogen-bond donors (Lipinski definition) is 1. The van der Waals surface area contributed by atoms with E-state index in [1.807, 2.05) is 12.1 Å². The molecule has 0 atom stereocenters. The minimum Gasteiger partial charge on any atom is -0.369 e. The number of nitrogens with zero attached hydrogens (tertiary/aromatic N) is 2. The van der Waals surface area contributed by atoms with Crippen LogP contribution in [0.4, 0.5) is 5.82 Å². The van der Waals surface area contributed by atoms with Crippen LogP contribution in [-0.2, 0) is 0 Å². The van der Waals surface area contributed by atoms with Gasteiger partial charge in [0.15, 0.2) is 0 Å². The Kier molecular flexibility index (Phi) is 4.42. The number of pyridine rings is 1. The molecule has 2 aliphatic rings. The predicted molar refractivity (Wildman–Crippen MR) is 84.4 cm³/mol. The molecule has 1 aromatic heterocycles. The molecule has 4 heteroatoms. The summed E-state index contributed by atoms with van der Waals surface area (Å²) in [5.74, 6) is 2.36. The van der Waals surface area contributed by atoms with E-state index in [0.717, 1.165) is 49.3 Å². The molecule has 3 rings (SSSR count). The molecule has 0 aliphatic heterocycles.